The Morgan fingerprint density at radius 2 is 1.74 bits per heavy atom. The second kappa shape index (κ2) is 14.0. The molecule has 1 amide bonds. The van der Waals surface area contributed by atoms with Crippen LogP contribution < -0.4 is 5.32 Å². The highest BCUT2D eigenvalue weighted by molar-refractivity contribution is 7.99. The molecule has 3 rings (SSSR count). The first kappa shape index (κ1) is 27.0. The van der Waals surface area contributed by atoms with Gasteiger partial charge in [0.2, 0.25) is 5.91 Å². The number of hydrogen-bond donors (Lipinski definition) is 1. The first-order valence-electron chi connectivity index (χ1n) is 12.7. The number of aryl methyl sites for hydroxylation is 1. The Morgan fingerprint density at radius 1 is 1.03 bits per heavy atom. The molecule has 1 aromatic heterocycles. The van der Waals surface area contributed by atoms with Crippen molar-refractivity contribution in [1.82, 2.24) is 25.0 Å². The molecule has 1 N–H and O–H groups in total. The fourth-order valence-corrected chi connectivity index (χ4v) is 4.93. The molecular formula is C28H39N5OS. The average molecular weight is 494 g/mol. The molecule has 1 unspecified atom stereocenters. The van der Waals surface area contributed by atoms with E-state index in [1.807, 2.05) is 18.2 Å². The lowest BCUT2D eigenvalue weighted by Gasteiger charge is -2.19. The van der Waals surface area contributed by atoms with E-state index in [1.54, 1.807) is 11.8 Å². The predicted octanol–water partition coefficient (Wildman–Crippen LogP) is 5.74. The lowest BCUT2D eigenvalue weighted by Crippen LogP contribution is -2.33. The first-order valence-corrected chi connectivity index (χ1v) is 13.7. The van der Waals surface area contributed by atoms with Gasteiger partial charge in [-0.05, 0) is 64.9 Å². The molecule has 7 heteroatoms. The van der Waals surface area contributed by atoms with Crippen LogP contribution in [0.1, 0.15) is 52.0 Å². The zero-order chi connectivity index (χ0) is 25.0. The number of thioether (sulfide) groups is 1. The number of benzene rings is 2. The van der Waals surface area contributed by atoms with E-state index in [2.05, 4.69) is 89.1 Å². The number of rotatable bonds is 14. The molecule has 3 aromatic rings. The van der Waals surface area contributed by atoms with Crippen molar-refractivity contribution in [2.45, 2.75) is 64.6 Å². The van der Waals surface area contributed by atoms with Gasteiger partial charge in [0.25, 0.3) is 0 Å². The van der Waals surface area contributed by atoms with Crippen molar-refractivity contribution in [2.24, 2.45) is 0 Å². The van der Waals surface area contributed by atoms with E-state index in [-0.39, 0.29) is 11.9 Å². The summed E-state index contributed by atoms with van der Waals surface area (Å²) in [5, 5.41) is 13.0. The Morgan fingerprint density at radius 3 is 2.43 bits per heavy atom. The topological polar surface area (TPSA) is 63.1 Å². The molecule has 0 saturated carbocycles. The summed E-state index contributed by atoms with van der Waals surface area (Å²) in [5.74, 6) is 1.77. The van der Waals surface area contributed by atoms with E-state index in [1.165, 1.54) is 5.56 Å². The van der Waals surface area contributed by atoms with Gasteiger partial charge in [-0.15, -0.1) is 10.2 Å². The molecule has 35 heavy (non-hydrogen) atoms. The average Bonchev–Trinajstić information content (AvgIpc) is 3.29. The van der Waals surface area contributed by atoms with Crippen LogP contribution in [0.4, 0.5) is 0 Å². The van der Waals surface area contributed by atoms with Gasteiger partial charge in [0, 0.05) is 29.5 Å². The summed E-state index contributed by atoms with van der Waals surface area (Å²) >= 11 is 1.65. The molecule has 2 aromatic carbocycles. The smallest absolute Gasteiger partial charge is 0.220 e. The van der Waals surface area contributed by atoms with E-state index < -0.39 is 0 Å². The maximum absolute atomic E-state index is 12.4. The molecule has 0 fully saturated rings. The molecule has 0 saturated heterocycles. The molecular weight excluding hydrogens is 454 g/mol. The van der Waals surface area contributed by atoms with Crippen LogP contribution in [0.25, 0.3) is 17.1 Å². The number of amides is 1. The summed E-state index contributed by atoms with van der Waals surface area (Å²) < 4.78 is 2.10. The Hall–Kier alpha value is -2.64. The third-order valence-corrected chi connectivity index (χ3v) is 7.17. The van der Waals surface area contributed by atoms with Crippen molar-refractivity contribution in [3.8, 4) is 17.1 Å². The monoisotopic (exact) mass is 493 g/mol. The second-order valence-corrected chi connectivity index (χ2v) is 9.99. The molecule has 0 aliphatic rings. The van der Waals surface area contributed by atoms with Crippen molar-refractivity contribution >= 4 is 17.7 Å². The van der Waals surface area contributed by atoms with Gasteiger partial charge < -0.3 is 10.2 Å². The molecule has 0 aliphatic heterocycles. The molecule has 6 nitrogen and oxygen atoms in total. The standard InChI is InChI=1S/C28H39N5OS/c1-5-32(6-2)20-10-12-23(4)29-26(34)15-11-21-35-28-31-30-27(24-18-16-22(3)17-19-24)33(28)25-13-8-7-9-14-25/h7-9,13-14,16-19,23H,5-6,10-12,15,20-21H2,1-4H3,(H,29,34). The molecule has 0 aliphatic carbocycles. The zero-order valence-corrected chi connectivity index (χ0v) is 22.4. The van der Waals surface area contributed by atoms with Crippen LogP contribution in [0.15, 0.2) is 59.8 Å². The fraction of sp³-hybridized carbons (Fsp3) is 0.464. The second-order valence-electron chi connectivity index (χ2n) is 8.93. The third kappa shape index (κ3) is 8.22. The summed E-state index contributed by atoms with van der Waals surface area (Å²) in [4.78, 5) is 14.8. The van der Waals surface area contributed by atoms with Gasteiger partial charge in [-0.3, -0.25) is 9.36 Å². The highest BCUT2D eigenvalue weighted by Gasteiger charge is 2.16. The molecule has 188 valence electrons. The summed E-state index contributed by atoms with van der Waals surface area (Å²) in [6.45, 7) is 11.8. The van der Waals surface area contributed by atoms with Crippen LogP contribution >= 0.6 is 11.8 Å². The minimum Gasteiger partial charge on any atom is -0.354 e. The number of nitrogens with zero attached hydrogens (tertiary/aromatic N) is 4. The normalized spacial score (nSPS) is 12.1. The number of carbonyl (C=O) groups excluding carboxylic acids is 1. The molecule has 0 bridgehead atoms. The van der Waals surface area contributed by atoms with Crippen LogP contribution in [0.5, 0.6) is 0 Å². The van der Waals surface area contributed by atoms with Crippen molar-refractivity contribution < 1.29 is 4.79 Å². The van der Waals surface area contributed by atoms with E-state index >= 15 is 0 Å². The summed E-state index contributed by atoms with van der Waals surface area (Å²) in [6, 6.07) is 18.8. The Bertz CT molecular complexity index is 1030. The molecule has 1 atom stereocenters. The first-order chi connectivity index (χ1) is 17.0. The number of nitrogens with one attached hydrogen (secondary N) is 1. The SMILES string of the molecule is CCN(CC)CCCC(C)NC(=O)CCCSc1nnc(-c2ccc(C)cc2)n1-c1ccccc1. The number of hydrogen-bond acceptors (Lipinski definition) is 5. The zero-order valence-electron chi connectivity index (χ0n) is 21.5. The van der Waals surface area contributed by atoms with Gasteiger partial charge in [0.05, 0.1) is 0 Å². The molecule has 0 spiro atoms. The van der Waals surface area contributed by atoms with Crippen LogP contribution in [0, 0.1) is 6.92 Å². The van der Waals surface area contributed by atoms with Gasteiger partial charge in [-0.25, -0.2) is 0 Å². The van der Waals surface area contributed by atoms with Gasteiger partial charge >= 0.3 is 0 Å². The number of carbonyl (C=O) groups is 1. The van der Waals surface area contributed by atoms with Crippen molar-refractivity contribution in [1.29, 1.82) is 0 Å². The summed E-state index contributed by atoms with van der Waals surface area (Å²) in [6.07, 6.45) is 3.44. The Labute approximate surface area is 214 Å². The highest BCUT2D eigenvalue weighted by Crippen LogP contribution is 2.28. The van der Waals surface area contributed by atoms with E-state index in [9.17, 15) is 4.79 Å². The lowest BCUT2D eigenvalue weighted by atomic mass is 10.1. The number of para-hydroxylation sites is 1. The third-order valence-electron chi connectivity index (χ3n) is 6.15. The summed E-state index contributed by atoms with van der Waals surface area (Å²) in [5.41, 5.74) is 3.28. The van der Waals surface area contributed by atoms with Crippen molar-refractivity contribution in [3.63, 3.8) is 0 Å². The lowest BCUT2D eigenvalue weighted by molar-refractivity contribution is -0.121. The molecule has 0 radical (unpaired) electrons. The number of aromatic nitrogens is 3. The Balaban J connectivity index is 1.53. The van der Waals surface area contributed by atoms with E-state index in [0.717, 1.165) is 66.9 Å². The predicted molar refractivity (Wildman–Crippen MR) is 146 cm³/mol. The van der Waals surface area contributed by atoms with Crippen molar-refractivity contribution in [2.75, 3.05) is 25.4 Å². The van der Waals surface area contributed by atoms with Crippen LogP contribution in [-0.4, -0.2) is 57.0 Å². The van der Waals surface area contributed by atoms with Crippen LogP contribution in [-0.2, 0) is 4.79 Å². The van der Waals surface area contributed by atoms with Crippen molar-refractivity contribution in [3.05, 3.63) is 60.2 Å². The van der Waals surface area contributed by atoms with Crippen LogP contribution in [0.2, 0.25) is 0 Å². The highest BCUT2D eigenvalue weighted by atomic mass is 32.2. The van der Waals surface area contributed by atoms with Gasteiger partial charge in [-0.2, -0.15) is 0 Å². The van der Waals surface area contributed by atoms with E-state index in [4.69, 9.17) is 0 Å². The minimum absolute atomic E-state index is 0.130. The minimum atomic E-state index is 0.130. The largest absolute Gasteiger partial charge is 0.354 e. The quantitative estimate of drug-likeness (QED) is 0.229. The maximum atomic E-state index is 12.4. The Kier molecular flexibility index (Phi) is 10.8. The maximum Gasteiger partial charge on any atom is 0.220 e. The van der Waals surface area contributed by atoms with Gasteiger partial charge in [0.15, 0.2) is 11.0 Å². The summed E-state index contributed by atoms with van der Waals surface area (Å²) in [7, 11) is 0. The van der Waals surface area contributed by atoms with Crippen LogP contribution in [0.3, 0.4) is 0 Å². The van der Waals surface area contributed by atoms with Gasteiger partial charge in [0.1, 0.15) is 0 Å². The van der Waals surface area contributed by atoms with Gasteiger partial charge in [-0.1, -0.05) is 73.6 Å². The van der Waals surface area contributed by atoms with E-state index in [0.29, 0.717) is 6.42 Å². The molecule has 1 heterocycles. The fourth-order valence-electron chi connectivity index (χ4n) is 4.04.